The van der Waals surface area contributed by atoms with Gasteiger partial charge in [0.2, 0.25) is 0 Å². The third kappa shape index (κ3) is 3.63. The molecule has 1 aromatic rings. The summed E-state index contributed by atoms with van der Waals surface area (Å²) >= 11 is 3.99. The second-order valence-electron chi connectivity index (χ2n) is 5.08. The molecule has 0 amide bonds. The Morgan fingerprint density at radius 1 is 1.11 bits per heavy atom. The molecule has 2 N–H and O–H groups in total. The Kier molecular flexibility index (Phi) is 5.10. The normalized spacial score (nSPS) is 20.3. The van der Waals surface area contributed by atoms with Crippen LogP contribution in [-0.2, 0) is 0 Å². The molecule has 0 aromatic heterocycles. The van der Waals surface area contributed by atoms with E-state index in [9.17, 15) is 10.2 Å². The number of benzene rings is 1. The van der Waals surface area contributed by atoms with E-state index in [0.29, 0.717) is 0 Å². The third-order valence-corrected chi connectivity index (χ3v) is 4.03. The summed E-state index contributed by atoms with van der Waals surface area (Å²) in [5.74, 6) is 0.251. The van der Waals surface area contributed by atoms with Crippen LogP contribution in [0.2, 0.25) is 0 Å². The highest BCUT2D eigenvalue weighted by atomic mass is 32.1. The maximum absolute atomic E-state index is 9.91. The molecule has 1 fully saturated rings. The SMILES string of the molecule is CN1CCN(c2ccc(C(O)C(O)CS)cc2)CC1. The smallest absolute Gasteiger partial charge is 0.106 e. The molecule has 2 atom stereocenters. The highest BCUT2D eigenvalue weighted by molar-refractivity contribution is 7.80. The van der Waals surface area contributed by atoms with Gasteiger partial charge in [0, 0.05) is 37.6 Å². The summed E-state index contributed by atoms with van der Waals surface area (Å²) in [6.45, 7) is 4.20. The molecule has 2 rings (SSSR count). The van der Waals surface area contributed by atoms with Crippen LogP contribution in [0.15, 0.2) is 24.3 Å². The Morgan fingerprint density at radius 3 is 2.21 bits per heavy atom. The van der Waals surface area contributed by atoms with Crippen LogP contribution in [0.25, 0.3) is 0 Å². The van der Waals surface area contributed by atoms with Crippen molar-refractivity contribution in [1.29, 1.82) is 0 Å². The van der Waals surface area contributed by atoms with Crippen molar-refractivity contribution in [2.45, 2.75) is 12.2 Å². The Bertz CT molecular complexity index is 391. The van der Waals surface area contributed by atoms with Crippen LogP contribution in [0.3, 0.4) is 0 Å². The summed E-state index contributed by atoms with van der Waals surface area (Å²) in [7, 11) is 2.13. The second kappa shape index (κ2) is 6.61. The first-order valence-electron chi connectivity index (χ1n) is 6.62. The van der Waals surface area contributed by atoms with E-state index in [2.05, 4.69) is 29.5 Å². The summed E-state index contributed by atoms with van der Waals surface area (Å²) in [6.07, 6.45) is -1.68. The third-order valence-electron chi connectivity index (χ3n) is 3.65. The zero-order valence-electron chi connectivity index (χ0n) is 11.2. The van der Waals surface area contributed by atoms with Gasteiger partial charge in [0.1, 0.15) is 6.10 Å². The number of nitrogens with zero attached hydrogens (tertiary/aromatic N) is 2. The Hall–Kier alpha value is -0.750. The Labute approximate surface area is 120 Å². The van der Waals surface area contributed by atoms with Gasteiger partial charge in [-0.25, -0.2) is 0 Å². The van der Waals surface area contributed by atoms with Gasteiger partial charge in [-0.05, 0) is 24.7 Å². The van der Waals surface area contributed by atoms with Crippen LogP contribution in [0.1, 0.15) is 11.7 Å². The molecule has 0 aliphatic carbocycles. The highest BCUT2D eigenvalue weighted by Crippen LogP contribution is 2.22. The molecule has 106 valence electrons. The van der Waals surface area contributed by atoms with E-state index in [1.54, 1.807) is 0 Å². The fraction of sp³-hybridized carbons (Fsp3) is 0.571. The first kappa shape index (κ1) is 14.7. The molecular formula is C14H22N2O2S. The molecule has 0 radical (unpaired) electrons. The summed E-state index contributed by atoms with van der Waals surface area (Å²) in [6, 6.07) is 7.78. The molecule has 19 heavy (non-hydrogen) atoms. The van der Waals surface area contributed by atoms with E-state index in [4.69, 9.17) is 0 Å². The average Bonchev–Trinajstić information content (AvgIpc) is 2.46. The van der Waals surface area contributed by atoms with E-state index in [-0.39, 0.29) is 5.75 Å². The zero-order valence-corrected chi connectivity index (χ0v) is 12.1. The van der Waals surface area contributed by atoms with Crippen LogP contribution < -0.4 is 4.90 Å². The monoisotopic (exact) mass is 282 g/mol. The van der Waals surface area contributed by atoms with E-state index in [0.717, 1.165) is 31.7 Å². The van der Waals surface area contributed by atoms with E-state index < -0.39 is 12.2 Å². The molecule has 1 aromatic carbocycles. The molecule has 1 aliphatic rings. The van der Waals surface area contributed by atoms with Crippen LogP contribution in [0, 0.1) is 0 Å². The number of piperazine rings is 1. The minimum Gasteiger partial charge on any atom is -0.389 e. The number of rotatable bonds is 4. The topological polar surface area (TPSA) is 46.9 Å². The van der Waals surface area contributed by atoms with Gasteiger partial charge in [-0.2, -0.15) is 12.6 Å². The lowest BCUT2D eigenvalue weighted by molar-refractivity contribution is 0.0338. The van der Waals surface area contributed by atoms with Gasteiger partial charge in [-0.1, -0.05) is 12.1 Å². The standard InChI is InChI=1S/C14H22N2O2S/c1-15-6-8-16(9-7-15)12-4-2-11(3-5-12)14(18)13(17)10-19/h2-5,13-14,17-19H,6-10H2,1H3. The lowest BCUT2D eigenvalue weighted by Gasteiger charge is -2.34. The van der Waals surface area contributed by atoms with Gasteiger partial charge in [-0.15, -0.1) is 0 Å². The molecular weight excluding hydrogens is 260 g/mol. The van der Waals surface area contributed by atoms with Crippen molar-refractivity contribution >= 4 is 18.3 Å². The summed E-state index contributed by atoms with van der Waals surface area (Å²) in [5.41, 5.74) is 1.91. The summed E-state index contributed by atoms with van der Waals surface area (Å²) in [4.78, 5) is 4.66. The Morgan fingerprint density at radius 2 is 1.68 bits per heavy atom. The predicted molar refractivity (Wildman–Crippen MR) is 81.0 cm³/mol. The van der Waals surface area contributed by atoms with Crippen LogP contribution >= 0.6 is 12.6 Å². The molecule has 2 unspecified atom stereocenters. The van der Waals surface area contributed by atoms with Crippen molar-refractivity contribution in [1.82, 2.24) is 4.90 Å². The number of aliphatic hydroxyl groups is 2. The minimum atomic E-state index is -0.862. The lowest BCUT2D eigenvalue weighted by Crippen LogP contribution is -2.44. The van der Waals surface area contributed by atoms with Gasteiger partial charge in [0.25, 0.3) is 0 Å². The predicted octanol–water partition coefficient (Wildman–Crippen LogP) is 0.762. The zero-order chi connectivity index (χ0) is 13.8. The van der Waals surface area contributed by atoms with Crippen molar-refractivity contribution in [2.75, 3.05) is 43.9 Å². The number of anilines is 1. The van der Waals surface area contributed by atoms with E-state index in [1.165, 1.54) is 5.69 Å². The van der Waals surface area contributed by atoms with Gasteiger partial charge >= 0.3 is 0 Å². The minimum absolute atomic E-state index is 0.251. The van der Waals surface area contributed by atoms with Crippen molar-refractivity contribution < 1.29 is 10.2 Å². The molecule has 4 nitrogen and oxygen atoms in total. The van der Waals surface area contributed by atoms with Crippen molar-refractivity contribution in [3.05, 3.63) is 29.8 Å². The lowest BCUT2D eigenvalue weighted by atomic mass is 10.0. The second-order valence-corrected chi connectivity index (χ2v) is 5.44. The number of hydrogen-bond acceptors (Lipinski definition) is 5. The van der Waals surface area contributed by atoms with Crippen molar-refractivity contribution in [3.63, 3.8) is 0 Å². The molecule has 1 aliphatic heterocycles. The summed E-state index contributed by atoms with van der Waals surface area (Å²) in [5, 5.41) is 19.5. The fourth-order valence-electron chi connectivity index (χ4n) is 2.27. The largest absolute Gasteiger partial charge is 0.389 e. The summed E-state index contributed by atoms with van der Waals surface area (Å²) < 4.78 is 0. The first-order chi connectivity index (χ1) is 9.11. The van der Waals surface area contributed by atoms with Gasteiger partial charge in [0.05, 0.1) is 6.10 Å². The number of likely N-dealkylation sites (N-methyl/N-ethyl adjacent to an activating group) is 1. The molecule has 0 saturated carbocycles. The number of hydrogen-bond donors (Lipinski definition) is 3. The van der Waals surface area contributed by atoms with Crippen LogP contribution in [0.5, 0.6) is 0 Å². The molecule has 1 saturated heterocycles. The fourth-order valence-corrected chi connectivity index (χ4v) is 2.47. The van der Waals surface area contributed by atoms with Gasteiger partial charge in [0.15, 0.2) is 0 Å². The maximum Gasteiger partial charge on any atom is 0.106 e. The average molecular weight is 282 g/mol. The maximum atomic E-state index is 9.91. The first-order valence-corrected chi connectivity index (χ1v) is 7.25. The van der Waals surface area contributed by atoms with E-state index in [1.807, 2.05) is 24.3 Å². The van der Waals surface area contributed by atoms with Gasteiger partial charge < -0.3 is 20.0 Å². The van der Waals surface area contributed by atoms with Crippen LogP contribution in [0.4, 0.5) is 5.69 Å². The quantitative estimate of drug-likeness (QED) is 0.714. The van der Waals surface area contributed by atoms with Gasteiger partial charge in [-0.3, -0.25) is 0 Å². The Balaban J connectivity index is 2.02. The molecule has 5 heteroatoms. The van der Waals surface area contributed by atoms with Crippen molar-refractivity contribution in [3.8, 4) is 0 Å². The number of aliphatic hydroxyl groups excluding tert-OH is 2. The number of thiol groups is 1. The highest BCUT2D eigenvalue weighted by Gasteiger charge is 2.18. The van der Waals surface area contributed by atoms with Crippen LogP contribution in [-0.4, -0.2) is 60.2 Å². The molecule has 1 heterocycles. The molecule has 0 spiro atoms. The van der Waals surface area contributed by atoms with Crippen molar-refractivity contribution in [2.24, 2.45) is 0 Å². The van der Waals surface area contributed by atoms with E-state index >= 15 is 0 Å². The molecule has 0 bridgehead atoms.